The Balaban J connectivity index is 1.99. The molecule has 0 aliphatic heterocycles. The summed E-state index contributed by atoms with van der Waals surface area (Å²) in [4.78, 5) is 23.7. The molecule has 0 spiro atoms. The first-order valence-electron chi connectivity index (χ1n) is 8.69. The molecule has 0 atom stereocenters. The van der Waals surface area contributed by atoms with Gasteiger partial charge in [0.15, 0.2) is 23.9 Å². The fourth-order valence-corrected chi connectivity index (χ4v) is 2.46. The molecule has 0 aliphatic rings. The van der Waals surface area contributed by atoms with Gasteiger partial charge in [-0.1, -0.05) is 0 Å². The zero-order valence-electron chi connectivity index (χ0n) is 16.3. The molecule has 2 rings (SSSR count). The van der Waals surface area contributed by atoms with Gasteiger partial charge in [-0.25, -0.2) is 0 Å². The lowest BCUT2D eigenvalue weighted by Crippen LogP contribution is -2.21. The van der Waals surface area contributed by atoms with Crippen LogP contribution in [0.15, 0.2) is 36.4 Å². The largest absolute Gasteiger partial charge is 0.493 e. The number of rotatable bonds is 8. The van der Waals surface area contributed by atoms with Gasteiger partial charge in [0.1, 0.15) is 5.75 Å². The van der Waals surface area contributed by atoms with Crippen LogP contribution >= 0.6 is 0 Å². The first-order chi connectivity index (χ1) is 12.8. The second-order valence-electron chi connectivity index (χ2n) is 6.40. The van der Waals surface area contributed by atoms with Crippen molar-refractivity contribution in [1.29, 1.82) is 0 Å². The van der Waals surface area contributed by atoms with Crippen LogP contribution in [0.3, 0.4) is 0 Å². The topological polar surface area (TPSA) is 73.9 Å². The van der Waals surface area contributed by atoms with E-state index < -0.39 is 0 Å². The number of Topliss-reactive ketones (excluding diaryl/α,β-unsaturated/α-hetero) is 1. The Bertz CT molecular complexity index is 829. The molecule has 1 N–H and O–H groups in total. The van der Waals surface area contributed by atoms with Crippen LogP contribution in [-0.4, -0.2) is 31.5 Å². The van der Waals surface area contributed by atoms with E-state index in [1.54, 1.807) is 24.3 Å². The van der Waals surface area contributed by atoms with Gasteiger partial charge in [0.25, 0.3) is 5.91 Å². The van der Waals surface area contributed by atoms with Gasteiger partial charge in [-0.15, -0.1) is 0 Å². The maximum Gasteiger partial charge on any atom is 0.262 e. The van der Waals surface area contributed by atoms with E-state index in [-0.39, 0.29) is 24.4 Å². The number of ketones is 1. The normalized spacial score (nSPS) is 10.4. The minimum absolute atomic E-state index is 0.0713. The number of anilines is 1. The van der Waals surface area contributed by atoms with E-state index in [9.17, 15) is 9.59 Å². The Morgan fingerprint density at radius 2 is 1.81 bits per heavy atom. The van der Waals surface area contributed by atoms with Crippen molar-refractivity contribution in [2.24, 2.45) is 0 Å². The van der Waals surface area contributed by atoms with E-state index in [0.717, 1.165) is 11.3 Å². The predicted octanol–water partition coefficient (Wildman–Crippen LogP) is 4.01. The van der Waals surface area contributed by atoms with Crippen LogP contribution in [0.25, 0.3) is 0 Å². The van der Waals surface area contributed by atoms with Crippen LogP contribution in [0.4, 0.5) is 5.69 Å². The highest BCUT2D eigenvalue weighted by atomic mass is 16.5. The van der Waals surface area contributed by atoms with Crippen molar-refractivity contribution in [3.63, 3.8) is 0 Å². The third-order valence-electron chi connectivity index (χ3n) is 3.77. The third kappa shape index (κ3) is 5.74. The third-order valence-corrected chi connectivity index (χ3v) is 3.77. The number of hydrogen-bond donors (Lipinski definition) is 1. The molecule has 6 nitrogen and oxygen atoms in total. The lowest BCUT2D eigenvalue weighted by atomic mass is 10.1. The predicted molar refractivity (Wildman–Crippen MR) is 104 cm³/mol. The van der Waals surface area contributed by atoms with E-state index >= 15 is 0 Å². The minimum atomic E-state index is -0.298. The lowest BCUT2D eigenvalue weighted by Gasteiger charge is -2.14. The fourth-order valence-electron chi connectivity index (χ4n) is 2.46. The van der Waals surface area contributed by atoms with E-state index in [0.29, 0.717) is 22.7 Å². The molecule has 1 amide bonds. The first kappa shape index (κ1) is 20.3. The Labute approximate surface area is 159 Å². The van der Waals surface area contributed by atoms with Crippen molar-refractivity contribution < 1.29 is 23.8 Å². The average molecular weight is 371 g/mol. The molecule has 0 saturated heterocycles. The Morgan fingerprint density at radius 1 is 1.07 bits per heavy atom. The summed E-state index contributed by atoms with van der Waals surface area (Å²) in [7, 11) is 1.48. The number of aryl methyl sites for hydroxylation is 1. The van der Waals surface area contributed by atoms with Gasteiger partial charge in [-0.2, -0.15) is 0 Å². The van der Waals surface area contributed by atoms with Crippen molar-refractivity contribution in [3.8, 4) is 17.2 Å². The van der Waals surface area contributed by atoms with Crippen LogP contribution in [0, 0.1) is 6.92 Å². The van der Waals surface area contributed by atoms with Crippen molar-refractivity contribution in [2.75, 3.05) is 19.0 Å². The van der Waals surface area contributed by atoms with E-state index in [1.807, 2.05) is 32.9 Å². The molecule has 0 saturated carbocycles. The average Bonchev–Trinajstić information content (AvgIpc) is 2.61. The summed E-state index contributed by atoms with van der Waals surface area (Å²) >= 11 is 0. The molecule has 27 heavy (non-hydrogen) atoms. The summed E-state index contributed by atoms with van der Waals surface area (Å²) in [6.07, 6.45) is 0.0858. The van der Waals surface area contributed by atoms with Gasteiger partial charge >= 0.3 is 0 Å². The van der Waals surface area contributed by atoms with Crippen LogP contribution in [0.1, 0.15) is 36.7 Å². The molecule has 6 heteroatoms. The highest BCUT2D eigenvalue weighted by Gasteiger charge is 2.12. The number of amides is 1. The van der Waals surface area contributed by atoms with Gasteiger partial charge in [0.05, 0.1) is 13.2 Å². The molecule has 0 unspecified atom stereocenters. The smallest absolute Gasteiger partial charge is 0.262 e. The van der Waals surface area contributed by atoms with Gasteiger partial charge < -0.3 is 19.5 Å². The zero-order valence-corrected chi connectivity index (χ0v) is 16.3. The van der Waals surface area contributed by atoms with E-state index in [4.69, 9.17) is 14.2 Å². The van der Waals surface area contributed by atoms with Gasteiger partial charge in [-0.3, -0.25) is 9.59 Å². The quantitative estimate of drug-likeness (QED) is 0.710. The number of hydrogen-bond acceptors (Lipinski definition) is 5. The molecule has 2 aromatic rings. The lowest BCUT2D eigenvalue weighted by molar-refractivity contribution is -0.118. The number of benzene rings is 2. The number of methoxy groups -OCH3 is 1. The van der Waals surface area contributed by atoms with E-state index in [2.05, 4.69) is 5.32 Å². The molecule has 2 aromatic carbocycles. The highest BCUT2D eigenvalue weighted by Crippen LogP contribution is 2.28. The summed E-state index contributed by atoms with van der Waals surface area (Å²) < 4.78 is 16.4. The van der Waals surface area contributed by atoms with E-state index in [1.165, 1.54) is 14.0 Å². The Morgan fingerprint density at radius 3 is 2.41 bits per heavy atom. The molecule has 0 aromatic heterocycles. The highest BCUT2D eigenvalue weighted by molar-refractivity contribution is 5.95. The Hall–Kier alpha value is -3.02. The second-order valence-corrected chi connectivity index (χ2v) is 6.40. The molecule has 0 fully saturated rings. The van der Waals surface area contributed by atoms with Crippen LogP contribution in [0.5, 0.6) is 17.2 Å². The molecule has 0 bridgehead atoms. The standard InChI is InChI=1S/C21H25NO5/c1-13(2)27-17-7-8-18(14(3)10-17)22-21(24)12-26-19-9-6-16(15(4)23)11-20(19)25-5/h6-11,13H,12H2,1-5H3,(H,22,24). The first-order valence-corrected chi connectivity index (χ1v) is 8.69. The number of nitrogens with one attached hydrogen (secondary N) is 1. The van der Waals surface area contributed by atoms with Crippen LogP contribution in [0.2, 0.25) is 0 Å². The van der Waals surface area contributed by atoms with Crippen molar-refractivity contribution in [2.45, 2.75) is 33.8 Å². The monoisotopic (exact) mass is 371 g/mol. The summed E-state index contributed by atoms with van der Waals surface area (Å²) in [5.41, 5.74) is 2.10. The number of carbonyl (C=O) groups is 2. The molecule has 0 heterocycles. The summed E-state index contributed by atoms with van der Waals surface area (Å²) in [5, 5.41) is 2.81. The molecule has 0 radical (unpaired) electrons. The Kier molecular flexibility index (Phi) is 6.82. The zero-order chi connectivity index (χ0) is 20.0. The van der Waals surface area contributed by atoms with Crippen molar-refractivity contribution in [3.05, 3.63) is 47.5 Å². The number of ether oxygens (including phenoxy) is 3. The summed E-state index contributed by atoms with van der Waals surface area (Å²) in [5.74, 6) is 1.19. The second kappa shape index (κ2) is 9.07. The fraction of sp³-hybridized carbons (Fsp3) is 0.333. The van der Waals surface area contributed by atoms with Crippen LogP contribution < -0.4 is 19.5 Å². The minimum Gasteiger partial charge on any atom is -0.493 e. The number of carbonyl (C=O) groups excluding carboxylic acids is 2. The maximum atomic E-state index is 12.2. The van der Waals surface area contributed by atoms with Gasteiger partial charge in [0.2, 0.25) is 0 Å². The van der Waals surface area contributed by atoms with Gasteiger partial charge in [-0.05, 0) is 69.7 Å². The summed E-state index contributed by atoms with van der Waals surface area (Å²) in [6.45, 7) is 7.11. The van der Waals surface area contributed by atoms with Crippen LogP contribution in [-0.2, 0) is 4.79 Å². The molecule has 0 aliphatic carbocycles. The molecule has 144 valence electrons. The maximum absolute atomic E-state index is 12.2. The molecular weight excluding hydrogens is 346 g/mol. The summed E-state index contributed by atoms with van der Waals surface area (Å²) in [6, 6.07) is 10.3. The van der Waals surface area contributed by atoms with Crippen molar-refractivity contribution >= 4 is 17.4 Å². The molecular formula is C21H25NO5. The van der Waals surface area contributed by atoms with Gasteiger partial charge in [0, 0.05) is 11.3 Å². The van der Waals surface area contributed by atoms with Crippen molar-refractivity contribution in [1.82, 2.24) is 0 Å². The SMILES string of the molecule is COc1cc(C(C)=O)ccc1OCC(=O)Nc1ccc(OC(C)C)cc1C.